The number of nitrogens with zero attached hydrogens (tertiary/aromatic N) is 3. The smallest absolute Gasteiger partial charge is 0.0569 e. The van der Waals surface area contributed by atoms with E-state index >= 15 is 0 Å². The number of aromatic nitrogens is 1. The van der Waals surface area contributed by atoms with Crippen LogP contribution in [-0.2, 0) is 0 Å². The largest absolute Gasteiger partial charge is 0.371 e. The van der Waals surface area contributed by atoms with Gasteiger partial charge in [-0.25, -0.2) is 0 Å². The average Bonchev–Trinajstić information content (AvgIpc) is 2.48. The third kappa shape index (κ3) is 5.10. The van der Waals surface area contributed by atoms with Gasteiger partial charge >= 0.3 is 0 Å². The van der Waals surface area contributed by atoms with E-state index in [1.807, 2.05) is 19.2 Å². The molecule has 0 radical (unpaired) electrons. The van der Waals surface area contributed by atoms with E-state index in [9.17, 15) is 0 Å². The first-order valence-corrected chi connectivity index (χ1v) is 7.81. The minimum absolute atomic E-state index is 0.00166. The van der Waals surface area contributed by atoms with Gasteiger partial charge < -0.3 is 15.5 Å². The van der Waals surface area contributed by atoms with E-state index in [1.54, 1.807) is 0 Å². The first kappa shape index (κ1) is 16.9. The van der Waals surface area contributed by atoms with Crippen molar-refractivity contribution >= 4 is 5.69 Å². The molecule has 0 aromatic carbocycles. The first-order chi connectivity index (χ1) is 9.62. The number of pyridine rings is 1. The summed E-state index contributed by atoms with van der Waals surface area (Å²) >= 11 is 0. The minimum atomic E-state index is 0.00166. The molecule has 0 amide bonds. The molecule has 2 N–H and O–H groups in total. The van der Waals surface area contributed by atoms with Gasteiger partial charge in [0.25, 0.3) is 0 Å². The molecular formula is C16H30N4. The minimum Gasteiger partial charge on any atom is -0.371 e. The van der Waals surface area contributed by atoms with Crippen LogP contribution in [0.4, 0.5) is 5.69 Å². The highest BCUT2D eigenvalue weighted by atomic mass is 15.1. The summed E-state index contributed by atoms with van der Waals surface area (Å²) < 4.78 is 0. The lowest BCUT2D eigenvalue weighted by Gasteiger charge is -2.25. The van der Waals surface area contributed by atoms with E-state index in [0.717, 1.165) is 38.4 Å². The molecule has 1 rings (SSSR count). The third-order valence-corrected chi connectivity index (χ3v) is 3.78. The van der Waals surface area contributed by atoms with Crippen molar-refractivity contribution in [2.75, 3.05) is 37.6 Å². The molecule has 0 aliphatic carbocycles. The molecule has 0 unspecified atom stereocenters. The molecule has 0 bridgehead atoms. The highest BCUT2D eigenvalue weighted by molar-refractivity contribution is 5.44. The second-order valence-electron chi connectivity index (χ2n) is 5.19. The van der Waals surface area contributed by atoms with Crippen molar-refractivity contribution in [1.29, 1.82) is 0 Å². The number of hydrogen-bond acceptors (Lipinski definition) is 4. The van der Waals surface area contributed by atoms with E-state index in [4.69, 9.17) is 5.73 Å². The molecule has 1 aromatic rings. The van der Waals surface area contributed by atoms with Crippen LogP contribution >= 0.6 is 0 Å². The number of rotatable bonds is 9. The molecule has 20 heavy (non-hydrogen) atoms. The molecule has 1 heterocycles. The Bertz CT molecular complexity index is 357. The summed E-state index contributed by atoms with van der Waals surface area (Å²) in [5, 5.41) is 0. The van der Waals surface area contributed by atoms with Gasteiger partial charge in [0, 0.05) is 19.1 Å². The summed E-state index contributed by atoms with van der Waals surface area (Å²) in [7, 11) is 0. The molecule has 0 saturated heterocycles. The maximum Gasteiger partial charge on any atom is 0.0569 e. The number of hydrogen-bond donors (Lipinski definition) is 1. The standard InChI is InChI=1S/C16H30N4/c1-5-19(6-2)11-8-12-20(7-3)15-9-10-16(14(4)17)18-13-15/h9-10,13-14H,5-8,11-12,17H2,1-4H3/t14-/m0/s1. The molecule has 0 aliphatic heterocycles. The summed E-state index contributed by atoms with van der Waals surface area (Å²) in [6.45, 7) is 14.1. The molecule has 0 aliphatic rings. The van der Waals surface area contributed by atoms with Crippen LogP contribution in [0, 0.1) is 0 Å². The van der Waals surface area contributed by atoms with Gasteiger partial charge in [-0.1, -0.05) is 13.8 Å². The molecule has 1 aromatic heterocycles. The Morgan fingerprint density at radius 1 is 1.10 bits per heavy atom. The van der Waals surface area contributed by atoms with Gasteiger partial charge in [0.1, 0.15) is 0 Å². The van der Waals surface area contributed by atoms with E-state index < -0.39 is 0 Å². The number of anilines is 1. The second-order valence-corrected chi connectivity index (χ2v) is 5.19. The second kappa shape index (κ2) is 8.93. The molecule has 0 fully saturated rings. The zero-order valence-corrected chi connectivity index (χ0v) is 13.5. The summed E-state index contributed by atoms with van der Waals surface area (Å²) in [6, 6.07) is 4.17. The molecule has 4 heteroatoms. The summed E-state index contributed by atoms with van der Waals surface area (Å²) in [4.78, 5) is 9.29. The van der Waals surface area contributed by atoms with Gasteiger partial charge in [-0.15, -0.1) is 0 Å². The number of nitrogens with two attached hydrogens (primary N) is 1. The molecule has 1 atom stereocenters. The SMILES string of the molecule is CCN(CC)CCCN(CC)c1ccc([C@H](C)N)nc1. The van der Waals surface area contributed by atoms with Crippen molar-refractivity contribution in [3.63, 3.8) is 0 Å². The lowest BCUT2D eigenvalue weighted by molar-refractivity contribution is 0.301. The lowest BCUT2D eigenvalue weighted by atomic mass is 10.2. The first-order valence-electron chi connectivity index (χ1n) is 7.81. The summed E-state index contributed by atoms with van der Waals surface area (Å²) in [6.07, 6.45) is 3.13. The Hall–Kier alpha value is -1.13. The molecule has 4 nitrogen and oxygen atoms in total. The Morgan fingerprint density at radius 3 is 2.25 bits per heavy atom. The van der Waals surface area contributed by atoms with Crippen molar-refractivity contribution in [3.8, 4) is 0 Å². The van der Waals surface area contributed by atoms with Gasteiger partial charge in [0.2, 0.25) is 0 Å². The maximum atomic E-state index is 5.83. The quantitative estimate of drug-likeness (QED) is 0.754. The lowest BCUT2D eigenvalue weighted by Crippen LogP contribution is -2.30. The molecule has 0 saturated carbocycles. The fraction of sp³-hybridized carbons (Fsp3) is 0.688. The molecule has 114 valence electrons. The van der Waals surface area contributed by atoms with Crippen molar-refractivity contribution in [2.24, 2.45) is 5.73 Å². The zero-order chi connectivity index (χ0) is 15.0. The van der Waals surface area contributed by atoms with Crippen LogP contribution in [0.3, 0.4) is 0 Å². The molecular weight excluding hydrogens is 248 g/mol. The van der Waals surface area contributed by atoms with E-state index in [2.05, 4.69) is 41.6 Å². The zero-order valence-electron chi connectivity index (χ0n) is 13.5. The van der Waals surface area contributed by atoms with Gasteiger partial charge in [-0.2, -0.15) is 0 Å². The summed E-state index contributed by atoms with van der Waals surface area (Å²) in [5.74, 6) is 0. The predicted octanol–water partition coefficient (Wildman–Crippen LogP) is 2.66. The average molecular weight is 278 g/mol. The van der Waals surface area contributed by atoms with Gasteiger partial charge in [-0.3, -0.25) is 4.98 Å². The summed E-state index contributed by atoms with van der Waals surface area (Å²) in [5.41, 5.74) is 7.98. The van der Waals surface area contributed by atoms with E-state index in [-0.39, 0.29) is 6.04 Å². The maximum absolute atomic E-state index is 5.83. The van der Waals surface area contributed by atoms with Crippen LogP contribution in [0.2, 0.25) is 0 Å². The van der Waals surface area contributed by atoms with Crippen LogP contribution in [-0.4, -0.2) is 42.6 Å². The Labute approximate surface area is 124 Å². The van der Waals surface area contributed by atoms with Crippen molar-refractivity contribution in [3.05, 3.63) is 24.0 Å². The Balaban J connectivity index is 2.53. The fourth-order valence-corrected chi connectivity index (χ4v) is 2.35. The van der Waals surface area contributed by atoms with E-state index in [0.29, 0.717) is 0 Å². The third-order valence-electron chi connectivity index (χ3n) is 3.78. The topological polar surface area (TPSA) is 45.4 Å². The van der Waals surface area contributed by atoms with Gasteiger partial charge in [-0.05, 0) is 52.0 Å². The van der Waals surface area contributed by atoms with Crippen LogP contribution < -0.4 is 10.6 Å². The van der Waals surface area contributed by atoms with Crippen LogP contribution in [0.15, 0.2) is 18.3 Å². The van der Waals surface area contributed by atoms with Crippen LogP contribution in [0.25, 0.3) is 0 Å². The van der Waals surface area contributed by atoms with E-state index in [1.165, 1.54) is 12.1 Å². The van der Waals surface area contributed by atoms with Gasteiger partial charge in [0.15, 0.2) is 0 Å². The van der Waals surface area contributed by atoms with Crippen molar-refractivity contribution in [2.45, 2.75) is 40.2 Å². The van der Waals surface area contributed by atoms with Crippen LogP contribution in [0.5, 0.6) is 0 Å². The monoisotopic (exact) mass is 278 g/mol. The van der Waals surface area contributed by atoms with Crippen molar-refractivity contribution < 1.29 is 0 Å². The Morgan fingerprint density at radius 2 is 1.80 bits per heavy atom. The van der Waals surface area contributed by atoms with Crippen molar-refractivity contribution in [1.82, 2.24) is 9.88 Å². The fourth-order valence-electron chi connectivity index (χ4n) is 2.35. The normalized spacial score (nSPS) is 12.7. The highest BCUT2D eigenvalue weighted by Crippen LogP contribution is 2.15. The highest BCUT2D eigenvalue weighted by Gasteiger charge is 2.07. The van der Waals surface area contributed by atoms with Gasteiger partial charge in [0.05, 0.1) is 17.6 Å². The van der Waals surface area contributed by atoms with Crippen LogP contribution in [0.1, 0.15) is 45.9 Å². The molecule has 0 spiro atoms. The Kier molecular flexibility index (Phi) is 7.55. The predicted molar refractivity (Wildman–Crippen MR) is 87.1 cm³/mol.